The fourth-order valence-electron chi connectivity index (χ4n) is 2.67. The number of carbonyl (C=O) groups is 1. The number of nitrogens with one attached hydrogen (secondary N) is 1. The van der Waals surface area contributed by atoms with Crippen LogP contribution in [-0.4, -0.2) is 12.5 Å². The zero-order chi connectivity index (χ0) is 17.5. The maximum absolute atomic E-state index is 12.9. The fraction of sp³-hybridized carbons (Fsp3) is 0.190. The zero-order valence-corrected chi connectivity index (χ0v) is 15.1. The Balaban J connectivity index is 1.71. The van der Waals surface area contributed by atoms with Crippen LogP contribution in [0.2, 0.25) is 0 Å². The van der Waals surface area contributed by atoms with E-state index in [0.717, 1.165) is 11.3 Å². The van der Waals surface area contributed by atoms with Gasteiger partial charge in [-0.05, 0) is 36.1 Å². The Morgan fingerprint density at radius 1 is 1.00 bits per heavy atom. The van der Waals surface area contributed by atoms with Gasteiger partial charge in [0.25, 0.3) is 0 Å². The number of hydrogen-bond acceptors (Lipinski definition) is 3. The predicted octanol–water partition coefficient (Wildman–Crippen LogP) is 4.63. The van der Waals surface area contributed by atoms with Crippen LogP contribution >= 0.6 is 11.3 Å². The van der Waals surface area contributed by atoms with Crippen molar-refractivity contribution < 1.29 is 4.79 Å². The van der Waals surface area contributed by atoms with Gasteiger partial charge in [-0.25, -0.2) is 0 Å². The third kappa shape index (κ3) is 4.78. The summed E-state index contributed by atoms with van der Waals surface area (Å²) in [4.78, 5) is 16.0. The lowest BCUT2D eigenvalue weighted by Gasteiger charge is -2.24. The van der Waals surface area contributed by atoms with Gasteiger partial charge in [-0.1, -0.05) is 54.6 Å². The number of benzene rings is 2. The monoisotopic (exact) mass is 350 g/mol. The Morgan fingerprint density at radius 2 is 1.68 bits per heavy atom. The first kappa shape index (κ1) is 17.4. The molecule has 0 aliphatic carbocycles. The molecular weight excluding hydrogens is 328 g/mol. The summed E-state index contributed by atoms with van der Waals surface area (Å²) in [6.07, 6.45) is 0. The van der Waals surface area contributed by atoms with Gasteiger partial charge in [0.2, 0.25) is 5.91 Å². The molecule has 3 aromatic rings. The van der Waals surface area contributed by atoms with E-state index in [1.165, 1.54) is 4.88 Å². The van der Waals surface area contributed by atoms with Crippen molar-refractivity contribution in [3.8, 4) is 0 Å². The van der Waals surface area contributed by atoms with Gasteiger partial charge in [0.1, 0.15) is 0 Å². The van der Waals surface area contributed by atoms with E-state index in [9.17, 15) is 4.79 Å². The molecule has 1 aromatic heterocycles. The molecule has 0 saturated heterocycles. The Morgan fingerprint density at radius 3 is 2.32 bits per heavy atom. The van der Waals surface area contributed by atoms with E-state index >= 15 is 0 Å². The highest BCUT2D eigenvalue weighted by molar-refractivity contribution is 7.10. The number of thiophene rings is 1. The second kappa shape index (κ2) is 8.60. The molecule has 1 heterocycles. The molecule has 3 nitrogen and oxygen atoms in total. The van der Waals surface area contributed by atoms with Crippen LogP contribution in [0.25, 0.3) is 0 Å². The van der Waals surface area contributed by atoms with Crippen LogP contribution < -0.4 is 10.2 Å². The summed E-state index contributed by atoms with van der Waals surface area (Å²) >= 11 is 1.70. The number of para-hydroxylation sites is 1. The van der Waals surface area contributed by atoms with E-state index in [-0.39, 0.29) is 11.9 Å². The molecule has 1 unspecified atom stereocenters. The SMILES string of the molecule is CC(NCC(=O)N(Cc1ccccc1)c1ccccc1)c1cccs1. The summed E-state index contributed by atoms with van der Waals surface area (Å²) in [5, 5.41) is 5.40. The number of rotatable bonds is 7. The lowest BCUT2D eigenvalue weighted by Crippen LogP contribution is -2.38. The molecule has 3 rings (SSSR count). The van der Waals surface area contributed by atoms with Crippen molar-refractivity contribution in [3.63, 3.8) is 0 Å². The quantitative estimate of drug-likeness (QED) is 0.674. The van der Waals surface area contributed by atoms with Crippen molar-refractivity contribution in [2.24, 2.45) is 0 Å². The van der Waals surface area contributed by atoms with Crippen LogP contribution in [0.4, 0.5) is 5.69 Å². The highest BCUT2D eigenvalue weighted by Gasteiger charge is 2.17. The number of amides is 1. The predicted molar refractivity (Wildman–Crippen MR) is 105 cm³/mol. The number of hydrogen-bond donors (Lipinski definition) is 1. The molecule has 2 aromatic carbocycles. The van der Waals surface area contributed by atoms with Crippen molar-refractivity contribution in [3.05, 3.63) is 88.6 Å². The molecule has 1 amide bonds. The standard InChI is InChI=1S/C21H22N2OS/c1-17(20-13-8-14-25-20)22-15-21(24)23(19-11-6-3-7-12-19)16-18-9-4-2-5-10-18/h2-14,17,22H,15-16H2,1H3. The topological polar surface area (TPSA) is 32.3 Å². The van der Waals surface area contributed by atoms with E-state index in [0.29, 0.717) is 13.1 Å². The first-order valence-corrected chi connectivity index (χ1v) is 9.28. The normalized spacial score (nSPS) is 11.9. The second-order valence-corrected chi connectivity index (χ2v) is 6.90. The van der Waals surface area contributed by atoms with E-state index < -0.39 is 0 Å². The Bertz CT molecular complexity index is 772. The first-order chi connectivity index (χ1) is 12.2. The zero-order valence-electron chi connectivity index (χ0n) is 14.3. The fourth-order valence-corrected chi connectivity index (χ4v) is 3.43. The highest BCUT2D eigenvalue weighted by Crippen LogP contribution is 2.19. The highest BCUT2D eigenvalue weighted by atomic mass is 32.1. The molecule has 128 valence electrons. The smallest absolute Gasteiger partial charge is 0.241 e. The molecule has 0 fully saturated rings. The molecule has 0 radical (unpaired) electrons. The minimum Gasteiger partial charge on any atom is -0.307 e. The van der Waals surface area contributed by atoms with Crippen molar-refractivity contribution >= 4 is 22.9 Å². The van der Waals surface area contributed by atoms with Crippen LogP contribution in [-0.2, 0) is 11.3 Å². The lowest BCUT2D eigenvalue weighted by atomic mass is 10.2. The summed E-state index contributed by atoms with van der Waals surface area (Å²) in [7, 11) is 0. The van der Waals surface area contributed by atoms with Crippen molar-refractivity contribution in [1.82, 2.24) is 5.32 Å². The van der Waals surface area contributed by atoms with E-state index in [1.54, 1.807) is 11.3 Å². The first-order valence-electron chi connectivity index (χ1n) is 8.40. The summed E-state index contributed by atoms with van der Waals surface area (Å²) in [5.41, 5.74) is 2.04. The van der Waals surface area contributed by atoms with Gasteiger partial charge in [0.15, 0.2) is 0 Å². The largest absolute Gasteiger partial charge is 0.307 e. The Hall–Kier alpha value is -2.43. The minimum absolute atomic E-state index is 0.0680. The molecule has 0 spiro atoms. The van der Waals surface area contributed by atoms with Crippen LogP contribution in [0, 0.1) is 0 Å². The van der Waals surface area contributed by atoms with Gasteiger partial charge in [-0.2, -0.15) is 0 Å². The van der Waals surface area contributed by atoms with Gasteiger partial charge in [0.05, 0.1) is 13.1 Å². The van der Waals surface area contributed by atoms with Crippen LogP contribution in [0.3, 0.4) is 0 Å². The van der Waals surface area contributed by atoms with Crippen molar-refractivity contribution in [2.45, 2.75) is 19.5 Å². The molecule has 25 heavy (non-hydrogen) atoms. The van der Waals surface area contributed by atoms with Gasteiger partial charge >= 0.3 is 0 Å². The number of anilines is 1. The summed E-state index contributed by atoms with van der Waals surface area (Å²) in [6.45, 7) is 2.96. The lowest BCUT2D eigenvalue weighted by molar-refractivity contribution is -0.118. The molecule has 0 aliphatic rings. The van der Waals surface area contributed by atoms with Crippen LogP contribution in [0.5, 0.6) is 0 Å². The number of nitrogens with zero attached hydrogens (tertiary/aromatic N) is 1. The Kier molecular flexibility index (Phi) is 5.99. The maximum atomic E-state index is 12.9. The summed E-state index contributed by atoms with van der Waals surface area (Å²) < 4.78 is 0. The van der Waals surface area contributed by atoms with Gasteiger partial charge in [0, 0.05) is 16.6 Å². The molecule has 0 bridgehead atoms. The van der Waals surface area contributed by atoms with E-state index in [2.05, 4.69) is 23.7 Å². The van der Waals surface area contributed by atoms with Gasteiger partial charge < -0.3 is 10.2 Å². The van der Waals surface area contributed by atoms with E-state index in [4.69, 9.17) is 0 Å². The Labute approximate surface area is 152 Å². The molecule has 1 atom stereocenters. The summed E-state index contributed by atoms with van der Waals surface area (Å²) in [6, 6.07) is 24.2. The molecule has 4 heteroatoms. The summed E-state index contributed by atoms with van der Waals surface area (Å²) in [5.74, 6) is 0.0680. The third-order valence-electron chi connectivity index (χ3n) is 4.08. The van der Waals surface area contributed by atoms with Gasteiger partial charge in [-0.3, -0.25) is 4.79 Å². The number of carbonyl (C=O) groups excluding carboxylic acids is 1. The molecule has 0 aliphatic heterocycles. The third-order valence-corrected chi connectivity index (χ3v) is 5.14. The van der Waals surface area contributed by atoms with Crippen LogP contribution in [0.1, 0.15) is 23.4 Å². The van der Waals surface area contributed by atoms with Crippen molar-refractivity contribution in [2.75, 3.05) is 11.4 Å². The maximum Gasteiger partial charge on any atom is 0.241 e. The second-order valence-electron chi connectivity index (χ2n) is 5.92. The minimum atomic E-state index is 0.0680. The van der Waals surface area contributed by atoms with E-state index in [1.807, 2.05) is 71.6 Å². The van der Waals surface area contributed by atoms with Crippen molar-refractivity contribution in [1.29, 1.82) is 0 Å². The molecule has 0 saturated carbocycles. The average molecular weight is 350 g/mol. The van der Waals surface area contributed by atoms with Gasteiger partial charge in [-0.15, -0.1) is 11.3 Å². The molecular formula is C21H22N2OS. The molecule has 1 N–H and O–H groups in total. The van der Waals surface area contributed by atoms with Crippen LogP contribution in [0.15, 0.2) is 78.2 Å². The average Bonchev–Trinajstić information content (AvgIpc) is 3.20.